The summed E-state index contributed by atoms with van der Waals surface area (Å²) in [5, 5.41) is 11.0. The fourth-order valence-electron chi connectivity index (χ4n) is 1.55. The molecule has 1 atom stereocenters. The number of nitrogens with one attached hydrogen (secondary N) is 1. The molecule has 0 aliphatic rings. The summed E-state index contributed by atoms with van der Waals surface area (Å²) >= 11 is 0. The molecule has 0 saturated carbocycles. The van der Waals surface area contributed by atoms with Gasteiger partial charge < -0.3 is 15.2 Å². The number of rotatable bonds is 6. The van der Waals surface area contributed by atoms with Crippen molar-refractivity contribution in [3.8, 4) is 0 Å². The molecule has 1 unspecified atom stereocenters. The molecule has 21 heavy (non-hydrogen) atoms. The Bertz CT molecular complexity index is 541. The second-order valence-electron chi connectivity index (χ2n) is 4.14. The largest absolute Gasteiger partial charge is 0.480 e. The number of benzene rings is 1. The fourth-order valence-corrected chi connectivity index (χ4v) is 1.55. The minimum Gasteiger partial charge on any atom is -0.480 e. The summed E-state index contributed by atoms with van der Waals surface area (Å²) in [6.45, 7) is 0. The van der Waals surface area contributed by atoms with Gasteiger partial charge in [-0.05, 0) is 18.6 Å². The predicted octanol–water partition coefficient (Wildman–Crippen LogP) is 1.10. The highest BCUT2D eigenvalue weighted by Gasteiger charge is 2.22. The van der Waals surface area contributed by atoms with E-state index in [1.54, 1.807) is 0 Å². The molecule has 0 saturated heterocycles. The van der Waals surface area contributed by atoms with E-state index in [0.717, 1.165) is 19.2 Å². The molecule has 0 aromatic heterocycles. The first kappa shape index (κ1) is 16.5. The molecule has 0 aliphatic carbocycles. The zero-order valence-electron chi connectivity index (χ0n) is 11.1. The van der Waals surface area contributed by atoms with E-state index in [2.05, 4.69) is 10.1 Å². The Hall–Kier alpha value is -2.51. The van der Waals surface area contributed by atoms with Crippen LogP contribution in [-0.4, -0.2) is 36.1 Å². The van der Waals surface area contributed by atoms with Crippen LogP contribution in [0, 0.1) is 11.6 Å². The number of hydrogen-bond donors (Lipinski definition) is 2. The highest BCUT2D eigenvalue weighted by molar-refractivity contribution is 5.96. The standard InChI is InChI=1S/C13H13F2NO5/c1-21-11(17)3-2-10(13(19)20)16-12(18)7-4-8(14)6-9(15)5-7/h4-6,10H,2-3H2,1H3,(H,16,18)(H,19,20). The average Bonchev–Trinajstić information content (AvgIpc) is 2.41. The van der Waals surface area contributed by atoms with Crippen LogP contribution in [0.25, 0.3) is 0 Å². The number of carboxylic acid groups (broad SMARTS) is 1. The number of carboxylic acids is 1. The van der Waals surface area contributed by atoms with Crippen LogP contribution in [0.15, 0.2) is 18.2 Å². The number of amides is 1. The molecule has 0 aliphatic heterocycles. The number of methoxy groups -OCH3 is 1. The molecule has 6 nitrogen and oxygen atoms in total. The number of halogens is 2. The Morgan fingerprint density at radius 2 is 1.81 bits per heavy atom. The van der Waals surface area contributed by atoms with Gasteiger partial charge in [-0.25, -0.2) is 13.6 Å². The van der Waals surface area contributed by atoms with E-state index < -0.39 is 35.5 Å². The topological polar surface area (TPSA) is 92.7 Å². The number of ether oxygens (including phenoxy) is 1. The van der Waals surface area contributed by atoms with Gasteiger partial charge in [0.25, 0.3) is 5.91 Å². The minimum absolute atomic E-state index is 0.203. The fraction of sp³-hybridized carbons (Fsp3) is 0.308. The van der Waals surface area contributed by atoms with Crippen molar-refractivity contribution < 1.29 is 33.0 Å². The van der Waals surface area contributed by atoms with Gasteiger partial charge in [-0.15, -0.1) is 0 Å². The van der Waals surface area contributed by atoms with Crippen LogP contribution in [0.5, 0.6) is 0 Å². The number of carbonyl (C=O) groups excluding carboxylic acids is 2. The van der Waals surface area contributed by atoms with Gasteiger partial charge in [0, 0.05) is 18.1 Å². The van der Waals surface area contributed by atoms with Crippen molar-refractivity contribution in [1.82, 2.24) is 5.32 Å². The Morgan fingerprint density at radius 1 is 1.24 bits per heavy atom. The van der Waals surface area contributed by atoms with Crippen molar-refractivity contribution in [2.24, 2.45) is 0 Å². The van der Waals surface area contributed by atoms with Gasteiger partial charge >= 0.3 is 11.9 Å². The van der Waals surface area contributed by atoms with Crippen molar-refractivity contribution >= 4 is 17.8 Å². The van der Waals surface area contributed by atoms with Gasteiger partial charge in [-0.1, -0.05) is 0 Å². The third-order valence-electron chi connectivity index (χ3n) is 2.59. The molecule has 1 amide bonds. The predicted molar refractivity (Wildman–Crippen MR) is 66.5 cm³/mol. The smallest absolute Gasteiger partial charge is 0.326 e. The van der Waals surface area contributed by atoms with Gasteiger partial charge in [0.05, 0.1) is 7.11 Å². The zero-order valence-corrected chi connectivity index (χ0v) is 11.1. The van der Waals surface area contributed by atoms with Gasteiger partial charge in [-0.3, -0.25) is 9.59 Å². The zero-order chi connectivity index (χ0) is 16.0. The van der Waals surface area contributed by atoms with Crippen LogP contribution < -0.4 is 5.32 Å². The van der Waals surface area contributed by atoms with Crippen LogP contribution in [0.3, 0.4) is 0 Å². The first-order chi connectivity index (χ1) is 9.83. The summed E-state index contributed by atoms with van der Waals surface area (Å²) in [7, 11) is 1.15. The molecule has 114 valence electrons. The minimum atomic E-state index is -1.37. The molecule has 1 aromatic carbocycles. The Kier molecular flexibility index (Phi) is 5.77. The summed E-state index contributed by atoms with van der Waals surface area (Å²) in [5.41, 5.74) is -0.350. The quantitative estimate of drug-likeness (QED) is 0.768. The summed E-state index contributed by atoms with van der Waals surface area (Å²) in [4.78, 5) is 33.7. The molecular formula is C13H13F2NO5. The van der Waals surface area contributed by atoms with Gasteiger partial charge in [0.2, 0.25) is 0 Å². The third-order valence-corrected chi connectivity index (χ3v) is 2.59. The molecule has 1 aromatic rings. The molecule has 2 N–H and O–H groups in total. The van der Waals surface area contributed by atoms with E-state index in [0.29, 0.717) is 6.07 Å². The SMILES string of the molecule is COC(=O)CCC(NC(=O)c1cc(F)cc(F)c1)C(=O)O. The molecule has 0 spiro atoms. The van der Waals surface area contributed by atoms with Crippen LogP contribution >= 0.6 is 0 Å². The van der Waals surface area contributed by atoms with Crippen LogP contribution in [-0.2, 0) is 14.3 Å². The average molecular weight is 301 g/mol. The van der Waals surface area contributed by atoms with Crippen LogP contribution in [0.1, 0.15) is 23.2 Å². The maximum Gasteiger partial charge on any atom is 0.326 e. The summed E-state index contributed by atoms with van der Waals surface area (Å²) in [5.74, 6) is -4.87. The van der Waals surface area contributed by atoms with Crippen molar-refractivity contribution in [1.29, 1.82) is 0 Å². The van der Waals surface area contributed by atoms with Gasteiger partial charge in [-0.2, -0.15) is 0 Å². The monoisotopic (exact) mass is 301 g/mol. The number of aliphatic carboxylic acids is 1. The number of carbonyl (C=O) groups is 3. The van der Waals surface area contributed by atoms with Crippen molar-refractivity contribution in [3.05, 3.63) is 35.4 Å². The molecule has 0 fully saturated rings. The van der Waals surface area contributed by atoms with E-state index in [1.807, 2.05) is 0 Å². The van der Waals surface area contributed by atoms with E-state index >= 15 is 0 Å². The van der Waals surface area contributed by atoms with E-state index in [4.69, 9.17) is 5.11 Å². The highest BCUT2D eigenvalue weighted by atomic mass is 19.1. The molecule has 8 heteroatoms. The van der Waals surface area contributed by atoms with Crippen molar-refractivity contribution in [3.63, 3.8) is 0 Å². The van der Waals surface area contributed by atoms with Gasteiger partial charge in [0.15, 0.2) is 0 Å². The normalized spacial score (nSPS) is 11.6. The van der Waals surface area contributed by atoms with E-state index in [-0.39, 0.29) is 18.4 Å². The molecular weight excluding hydrogens is 288 g/mol. The Balaban J connectivity index is 2.76. The lowest BCUT2D eigenvalue weighted by Gasteiger charge is -2.14. The van der Waals surface area contributed by atoms with Crippen LogP contribution in [0.2, 0.25) is 0 Å². The van der Waals surface area contributed by atoms with E-state index in [9.17, 15) is 23.2 Å². The highest BCUT2D eigenvalue weighted by Crippen LogP contribution is 2.09. The second kappa shape index (κ2) is 7.32. The lowest BCUT2D eigenvalue weighted by molar-refractivity contribution is -0.142. The Labute approximate surface area is 118 Å². The summed E-state index contributed by atoms with van der Waals surface area (Å²) in [6, 6.07) is 0.765. The summed E-state index contributed by atoms with van der Waals surface area (Å²) in [6.07, 6.45) is -0.420. The maximum absolute atomic E-state index is 13.0. The second-order valence-corrected chi connectivity index (χ2v) is 4.14. The maximum atomic E-state index is 13.0. The summed E-state index contributed by atoms with van der Waals surface area (Å²) < 4.78 is 30.3. The lowest BCUT2D eigenvalue weighted by Crippen LogP contribution is -2.41. The van der Waals surface area contributed by atoms with Crippen molar-refractivity contribution in [2.75, 3.05) is 7.11 Å². The first-order valence-corrected chi connectivity index (χ1v) is 5.90. The molecule has 0 heterocycles. The first-order valence-electron chi connectivity index (χ1n) is 5.90. The third kappa shape index (κ3) is 5.17. The van der Waals surface area contributed by atoms with Crippen molar-refractivity contribution in [2.45, 2.75) is 18.9 Å². The Morgan fingerprint density at radius 3 is 2.29 bits per heavy atom. The molecule has 0 radical (unpaired) electrons. The lowest BCUT2D eigenvalue weighted by atomic mass is 10.1. The molecule has 0 bridgehead atoms. The van der Waals surface area contributed by atoms with Gasteiger partial charge in [0.1, 0.15) is 17.7 Å². The van der Waals surface area contributed by atoms with E-state index in [1.165, 1.54) is 0 Å². The molecule has 1 rings (SSSR count). The number of esters is 1. The number of hydrogen-bond acceptors (Lipinski definition) is 4. The van der Waals surface area contributed by atoms with Crippen LogP contribution in [0.4, 0.5) is 8.78 Å².